The predicted octanol–water partition coefficient (Wildman–Crippen LogP) is 3.09. The number of nitrogens with zero attached hydrogens (tertiary/aromatic N) is 2. The van der Waals surface area contributed by atoms with Gasteiger partial charge in [-0.05, 0) is 38.3 Å². The van der Waals surface area contributed by atoms with Gasteiger partial charge in [0, 0.05) is 23.5 Å². The van der Waals surface area contributed by atoms with E-state index in [1.807, 2.05) is 13.0 Å². The molecule has 0 saturated heterocycles. The van der Waals surface area contributed by atoms with Crippen molar-refractivity contribution in [2.75, 3.05) is 11.9 Å². The highest BCUT2D eigenvalue weighted by molar-refractivity contribution is 7.11. The minimum Gasteiger partial charge on any atom is -0.337 e. The zero-order valence-corrected chi connectivity index (χ0v) is 12.7. The molecule has 5 nitrogen and oxygen atoms in total. The monoisotopic (exact) mass is 302 g/mol. The lowest BCUT2D eigenvalue weighted by Crippen LogP contribution is -2.33. The molecule has 0 unspecified atom stereocenters. The van der Waals surface area contributed by atoms with Crippen molar-refractivity contribution < 1.29 is 4.79 Å². The molecule has 110 valence electrons. The number of aromatic nitrogens is 2. The summed E-state index contributed by atoms with van der Waals surface area (Å²) in [6.45, 7) is 2.67. The van der Waals surface area contributed by atoms with Gasteiger partial charge in [-0.15, -0.1) is 11.3 Å². The summed E-state index contributed by atoms with van der Waals surface area (Å²) in [6, 6.07) is 3.41. The van der Waals surface area contributed by atoms with Crippen LogP contribution in [-0.4, -0.2) is 22.5 Å². The summed E-state index contributed by atoms with van der Waals surface area (Å²) in [7, 11) is 0. The van der Waals surface area contributed by atoms with Crippen molar-refractivity contribution >= 4 is 23.1 Å². The molecule has 0 bridgehead atoms. The second kappa shape index (κ2) is 6.22. The summed E-state index contributed by atoms with van der Waals surface area (Å²) in [4.78, 5) is 21.9. The van der Waals surface area contributed by atoms with E-state index in [2.05, 4.69) is 20.6 Å². The molecule has 2 amide bonds. The third-order valence-corrected chi connectivity index (χ3v) is 4.65. The van der Waals surface area contributed by atoms with Crippen LogP contribution in [0.25, 0.3) is 0 Å². The number of carbonyl (C=O) groups excluding carboxylic acids is 1. The van der Waals surface area contributed by atoms with E-state index >= 15 is 0 Å². The third kappa shape index (κ3) is 3.39. The van der Waals surface area contributed by atoms with Crippen LogP contribution in [0.4, 0.5) is 10.5 Å². The molecule has 21 heavy (non-hydrogen) atoms. The molecule has 0 spiro atoms. The van der Waals surface area contributed by atoms with E-state index in [1.165, 1.54) is 17.0 Å². The number of hydrogen-bond acceptors (Lipinski definition) is 4. The molecule has 1 aliphatic rings. The van der Waals surface area contributed by atoms with Gasteiger partial charge in [0.05, 0.1) is 22.6 Å². The van der Waals surface area contributed by atoms with Gasteiger partial charge >= 0.3 is 6.03 Å². The quantitative estimate of drug-likeness (QED) is 0.915. The standard InChI is InChI=1S/C15H18N4OS/c1-10-18-14-11(4-2-6-13(14)21-10)8-17-15(20)19-12-5-3-7-16-9-12/h3,5,7,9,11H,2,4,6,8H2,1H3,(H2,17,19,20)/t11-/m0/s1. The smallest absolute Gasteiger partial charge is 0.319 e. The van der Waals surface area contributed by atoms with Crippen LogP contribution >= 0.6 is 11.3 Å². The van der Waals surface area contributed by atoms with Gasteiger partial charge in [0.15, 0.2) is 0 Å². The second-order valence-corrected chi connectivity index (χ2v) is 6.49. The fraction of sp³-hybridized carbons (Fsp3) is 0.400. The van der Waals surface area contributed by atoms with E-state index in [9.17, 15) is 4.79 Å². The average Bonchev–Trinajstić information content (AvgIpc) is 2.87. The van der Waals surface area contributed by atoms with Crippen LogP contribution in [-0.2, 0) is 6.42 Å². The molecule has 0 fully saturated rings. The number of nitrogens with one attached hydrogen (secondary N) is 2. The maximum atomic E-state index is 11.9. The van der Waals surface area contributed by atoms with Gasteiger partial charge in [0.2, 0.25) is 0 Å². The van der Waals surface area contributed by atoms with Gasteiger partial charge in [0.1, 0.15) is 0 Å². The summed E-state index contributed by atoms with van der Waals surface area (Å²) in [5, 5.41) is 6.84. The largest absolute Gasteiger partial charge is 0.337 e. The molecule has 6 heteroatoms. The zero-order valence-electron chi connectivity index (χ0n) is 11.9. The molecule has 0 radical (unpaired) electrons. The SMILES string of the molecule is Cc1nc2c(s1)CCC[C@H]2CNC(=O)Nc1cccnc1. The molecule has 0 aliphatic heterocycles. The van der Waals surface area contributed by atoms with Crippen molar-refractivity contribution in [2.45, 2.75) is 32.1 Å². The molecule has 1 aliphatic carbocycles. The average molecular weight is 302 g/mol. The number of fused-ring (bicyclic) bond motifs is 1. The van der Waals surface area contributed by atoms with Crippen LogP contribution in [0.2, 0.25) is 0 Å². The Hall–Kier alpha value is -1.95. The summed E-state index contributed by atoms with van der Waals surface area (Å²) in [5.74, 6) is 0.332. The molecular formula is C15H18N4OS. The lowest BCUT2D eigenvalue weighted by Gasteiger charge is -2.21. The molecule has 2 aromatic rings. The number of hydrogen-bond donors (Lipinski definition) is 2. The van der Waals surface area contributed by atoms with Gasteiger partial charge in [-0.25, -0.2) is 9.78 Å². The Labute approximate surface area is 127 Å². The molecule has 0 saturated carbocycles. The highest BCUT2D eigenvalue weighted by atomic mass is 32.1. The number of amides is 2. The van der Waals surface area contributed by atoms with Crippen molar-refractivity contribution in [1.29, 1.82) is 0 Å². The first-order valence-electron chi connectivity index (χ1n) is 7.13. The van der Waals surface area contributed by atoms with Crippen LogP contribution in [0.5, 0.6) is 0 Å². The summed E-state index contributed by atoms with van der Waals surface area (Å²) >= 11 is 1.78. The van der Waals surface area contributed by atoms with E-state index in [1.54, 1.807) is 29.8 Å². The summed E-state index contributed by atoms with van der Waals surface area (Å²) in [6.07, 6.45) is 6.69. The van der Waals surface area contributed by atoms with E-state index in [0.29, 0.717) is 18.2 Å². The van der Waals surface area contributed by atoms with E-state index in [-0.39, 0.29) is 6.03 Å². The normalized spacial score (nSPS) is 17.1. The maximum Gasteiger partial charge on any atom is 0.319 e. The number of thiazole rings is 1. The van der Waals surface area contributed by atoms with Crippen LogP contribution < -0.4 is 10.6 Å². The van der Waals surface area contributed by atoms with Gasteiger partial charge in [0.25, 0.3) is 0 Å². The van der Waals surface area contributed by atoms with E-state index < -0.39 is 0 Å². The maximum absolute atomic E-state index is 11.9. The topological polar surface area (TPSA) is 66.9 Å². The van der Waals surface area contributed by atoms with E-state index in [0.717, 1.165) is 17.8 Å². The first-order chi connectivity index (χ1) is 10.2. The van der Waals surface area contributed by atoms with Crippen molar-refractivity contribution in [3.8, 4) is 0 Å². The predicted molar refractivity (Wildman–Crippen MR) is 83.8 cm³/mol. The number of carbonyl (C=O) groups is 1. The highest BCUT2D eigenvalue weighted by Gasteiger charge is 2.24. The summed E-state index contributed by atoms with van der Waals surface area (Å²) in [5.41, 5.74) is 1.88. The molecule has 2 heterocycles. The molecular weight excluding hydrogens is 284 g/mol. The van der Waals surface area contributed by atoms with Crippen LogP contribution in [0.1, 0.15) is 34.3 Å². The first kappa shape index (κ1) is 14.0. The van der Waals surface area contributed by atoms with Crippen molar-refractivity contribution in [1.82, 2.24) is 15.3 Å². The highest BCUT2D eigenvalue weighted by Crippen LogP contribution is 2.34. The number of anilines is 1. The lowest BCUT2D eigenvalue weighted by molar-refractivity contribution is 0.251. The Morgan fingerprint density at radius 3 is 3.24 bits per heavy atom. The first-order valence-corrected chi connectivity index (χ1v) is 7.95. The van der Waals surface area contributed by atoms with Crippen LogP contribution in [0, 0.1) is 6.92 Å². The van der Waals surface area contributed by atoms with Gasteiger partial charge in [-0.1, -0.05) is 0 Å². The Kier molecular flexibility index (Phi) is 4.15. The van der Waals surface area contributed by atoms with Crippen molar-refractivity contribution in [2.24, 2.45) is 0 Å². The Morgan fingerprint density at radius 1 is 1.52 bits per heavy atom. The third-order valence-electron chi connectivity index (χ3n) is 3.61. The minimum atomic E-state index is -0.193. The number of aryl methyl sites for hydroxylation is 2. The zero-order chi connectivity index (χ0) is 14.7. The molecule has 0 aromatic carbocycles. The van der Waals surface area contributed by atoms with E-state index in [4.69, 9.17) is 0 Å². The fourth-order valence-electron chi connectivity index (χ4n) is 2.66. The minimum absolute atomic E-state index is 0.193. The number of rotatable bonds is 3. The number of pyridine rings is 1. The number of urea groups is 1. The van der Waals surface area contributed by atoms with Gasteiger partial charge in [-0.2, -0.15) is 0 Å². The Bertz CT molecular complexity index is 626. The Morgan fingerprint density at radius 2 is 2.43 bits per heavy atom. The Balaban J connectivity index is 1.57. The second-order valence-electron chi connectivity index (χ2n) is 5.21. The molecule has 2 N–H and O–H groups in total. The molecule has 1 atom stereocenters. The van der Waals surface area contributed by atoms with Gasteiger partial charge in [-0.3, -0.25) is 4.98 Å². The molecule has 3 rings (SSSR count). The van der Waals surface area contributed by atoms with Crippen molar-refractivity contribution in [3.05, 3.63) is 40.1 Å². The molecule has 2 aromatic heterocycles. The lowest BCUT2D eigenvalue weighted by atomic mass is 9.91. The van der Waals surface area contributed by atoms with Gasteiger partial charge < -0.3 is 10.6 Å². The summed E-state index contributed by atoms with van der Waals surface area (Å²) < 4.78 is 0. The fourth-order valence-corrected chi connectivity index (χ4v) is 3.72. The van der Waals surface area contributed by atoms with Crippen molar-refractivity contribution in [3.63, 3.8) is 0 Å². The van der Waals surface area contributed by atoms with Crippen LogP contribution in [0.3, 0.4) is 0 Å². The van der Waals surface area contributed by atoms with Crippen LogP contribution in [0.15, 0.2) is 24.5 Å².